The molecule has 1 aromatic rings. The van der Waals surface area contributed by atoms with E-state index in [1.807, 2.05) is 27.0 Å². The van der Waals surface area contributed by atoms with Gasteiger partial charge < -0.3 is 9.47 Å². The lowest BCUT2D eigenvalue weighted by molar-refractivity contribution is -0.132. The summed E-state index contributed by atoms with van der Waals surface area (Å²) in [6.45, 7) is 6.34. The van der Waals surface area contributed by atoms with Gasteiger partial charge in [-0.05, 0) is 33.3 Å². The summed E-state index contributed by atoms with van der Waals surface area (Å²) in [4.78, 5) is 25.5. The number of hydrogen-bond acceptors (Lipinski definition) is 2. The Morgan fingerprint density at radius 2 is 2.10 bits per heavy atom. The molecular formula is C15H21ClN2O2. The van der Waals surface area contributed by atoms with Gasteiger partial charge in [-0.15, -0.1) is 11.6 Å². The highest BCUT2D eigenvalue weighted by Crippen LogP contribution is 2.28. The van der Waals surface area contributed by atoms with Crippen LogP contribution in [0.2, 0.25) is 0 Å². The predicted octanol–water partition coefficient (Wildman–Crippen LogP) is 2.71. The number of halogens is 1. The van der Waals surface area contributed by atoms with Crippen molar-refractivity contribution in [2.24, 2.45) is 0 Å². The molecule has 2 heterocycles. The molecule has 5 heteroatoms. The quantitative estimate of drug-likeness (QED) is 0.636. The first kappa shape index (κ1) is 15.1. The second-order valence-electron chi connectivity index (χ2n) is 5.60. The van der Waals surface area contributed by atoms with Crippen molar-refractivity contribution in [2.75, 3.05) is 13.6 Å². The number of carbonyl (C=O) groups excluding carboxylic acids is 2. The fraction of sp³-hybridized carbons (Fsp3) is 0.600. The number of carbonyl (C=O) groups is 2. The molecule has 0 N–H and O–H groups in total. The summed E-state index contributed by atoms with van der Waals surface area (Å²) in [5.74, 6) is 0.153. The van der Waals surface area contributed by atoms with Crippen LogP contribution in [0.5, 0.6) is 0 Å². The largest absolute Gasteiger partial charge is 0.344 e. The van der Waals surface area contributed by atoms with Crippen molar-refractivity contribution >= 4 is 23.3 Å². The zero-order valence-electron chi connectivity index (χ0n) is 12.4. The van der Waals surface area contributed by atoms with Crippen molar-refractivity contribution in [2.45, 2.75) is 45.0 Å². The monoisotopic (exact) mass is 296 g/mol. The van der Waals surface area contributed by atoms with Crippen LogP contribution in [0.15, 0.2) is 6.07 Å². The van der Waals surface area contributed by atoms with Crippen LogP contribution in [-0.2, 0) is 4.79 Å². The lowest BCUT2D eigenvalue weighted by Gasteiger charge is -2.32. The van der Waals surface area contributed by atoms with Crippen LogP contribution in [-0.4, -0.2) is 40.1 Å². The lowest BCUT2D eigenvalue weighted by Crippen LogP contribution is -2.38. The van der Waals surface area contributed by atoms with E-state index < -0.39 is 5.38 Å². The van der Waals surface area contributed by atoms with E-state index in [0.717, 1.165) is 17.8 Å². The molecule has 4 nitrogen and oxygen atoms in total. The Morgan fingerprint density at radius 1 is 1.45 bits per heavy atom. The maximum atomic E-state index is 12.1. The van der Waals surface area contributed by atoms with Crippen molar-refractivity contribution in [3.63, 3.8) is 0 Å². The van der Waals surface area contributed by atoms with E-state index in [2.05, 4.69) is 4.57 Å². The first-order valence-electron chi connectivity index (χ1n) is 6.93. The molecule has 1 aliphatic heterocycles. The number of amides is 1. The third-order valence-corrected chi connectivity index (χ3v) is 4.28. The zero-order valence-corrected chi connectivity index (χ0v) is 13.2. The number of nitrogens with zero attached hydrogens (tertiary/aromatic N) is 2. The van der Waals surface area contributed by atoms with Gasteiger partial charge in [0.2, 0.25) is 5.91 Å². The van der Waals surface area contributed by atoms with E-state index in [1.165, 1.54) is 0 Å². The molecule has 2 atom stereocenters. The van der Waals surface area contributed by atoms with E-state index >= 15 is 0 Å². The number of likely N-dealkylation sites (N-methyl/N-ethyl adjacent to an activating group) is 1. The number of aromatic nitrogens is 1. The minimum atomic E-state index is -0.514. The Hall–Kier alpha value is -1.29. The van der Waals surface area contributed by atoms with E-state index in [4.69, 9.17) is 11.6 Å². The highest BCUT2D eigenvalue weighted by Gasteiger charge is 2.28. The van der Waals surface area contributed by atoms with E-state index in [9.17, 15) is 9.59 Å². The summed E-state index contributed by atoms with van der Waals surface area (Å²) < 4.78 is 2.18. The molecule has 20 heavy (non-hydrogen) atoms. The standard InChI is InChI=1S/C15H21ClN2O2/c1-9-7-13(15(20)10(2)16)11(3)18(9)12-5-6-14(19)17(4)8-12/h7,10,12H,5-6,8H2,1-4H3. The summed E-state index contributed by atoms with van der Waals surface area (Å²) in [6.07, 6.45) is 1.39. The highest BCUT2D eigenvalue weighted by atomic mass is 35.5. The second-order valence-corrected chi connectivity index (χ2v) is 6.26. The Bertz CT molecular complexity index is 548. The fourth-order valence-corrected chi connectivity index (χ4v) is 3.12. The first-order valence-corrected chi connectivity index (χ1v) is 7.37. The Kier molecular flexibility index (Phi) is 4.23. The number of hydrogen-bond donors (Lipinski definition) is 0. The smallest absolute Gasteiger partial charge is 0.222 e. The third-order valence-electron chi connectivity index (χ3n) is 4.08. The van der Waals surface area contributed by atoms with Crippen LogP contribution in [0.1, 0.15) is 47.6 Å². The van der Waals surface area contributed by atoms with Crippen LogP contribution < -0.4 is 0 Å². The number of ketones is 1. The topological polar surface area (TPSA) is 42.3 Å². The maximum Gasteiger partial charge on any atom is 0.222 e. The van der Waals surface area contributed by atoms with Crippen molar-refractivity contribution in [1.82, 2.24) is 9.47 Å². The van der Waals surface area contributed by atoms with Gasteiger partial charge in [-0.25, -0.2) is 0 Å². The van der Waals surface area contributed by atoms with Crippen molar-refractivity contribution < 1.29 is 9.59 Å². The molecule has 0 aliphatic carbocycles. The van der Waals surface area contributed by atoms with Crippen LogP contribution in [0.4, 0.5) is 0 Å². The number of likely N-dealkylation sites (tertiary alicyclic amines) is 1. The van der Waals surface area contributed by atoms with Gasteiger partial charge in [-0.1, -0.05) is 0 Å². The SMILES string of the molecule is Cc1cc(C(=O)C(C)Cl)c(C)n1C1CCC(=O)N(C)C1. The van der Waals surface area contributed by atoms with Crippen LogP contribution in [0.3, 0.4) is 0 Å². The number of rotatable bonds is 3. The molecule has 0 radical (unpaired) electrons. The first-order chi connectivity index (χ1) is 9.32. The van der Waals surface area contributed by atoms with Crippen molar-refractivity contribution in [1.29, 1.82) is 0 Å². The maximum absolute atomic E-state index is 12.1. The van der Waals surface area contributed by atoms with Gasteiger partial charge in [-0.2, -0.15) is 0 Å². The van der Waals surface area contributed by atoms with Gasteiger partial charge in [0, 0.05) is 37.0 Å². The minimum absolute atomic E-state index is 0.0359. The van der Waals surface area contributed by atoms with E-state index in [0.29, 0.717) is 18.5 Å². The molecule has 0 saturated carbocycles. The Balaban J connectivity index is 2.34. The van der Waals surface area contributed by atoms with Gasteiger partial charge in [0.15, 0.2) is 5.78 Å². The third kappa shape index (κ3) is 2.62. The van der Waals surface area contributed by atoms with Gasteiger partial charge in [0.05, 0.1) is 11.4 Å². The summed E-state index contributed by atoms with van der Waals surface area (Å²) in [6, 6.07) is 2.15. The number of Topliss-reactive ketones (excluding diaryl/α,β-unsaturated/α-hetero) is 1. The molecule has 1 amide bonds. The van der Waals surface area contributed by atoms with Gasteiger partial charge in [-0.3, -0.25) is 9.59 Å². The van der Waals surface area contributed by atoms with Gasteiger partial charge in [0.1, 0.15) is 0 Å². The lowest BCUT2D eigenvalue weighted by atomic mass is 10.0. The molecule has 110 valence electrons. The zero-order chi connectivity index (χ0) is 15.0. The number of piperidine rings is 1. The van der Waals surface area contributed by atoms with Crippen molar-refractivity contribution in [3.8, 4) is 0 Å². The molecule has 1 saturated heterocycles. The summed E-state index contributed by atoms with van der Waals surface area (Å²) in [5, 5.41) is -0.514. The van der Waals surface area contributed by atoms with Crippen molar-refractivity contribution in [3.05, 3.63) is 23.0 Å². The van der Waals surface area contributed by atoms with Crippen LogP contribution in [0, 0.1) is 13.8 Å². The average molecular weight is 297 g/mol. The molecule has 0 spiro atoms. The normalized spacial score (nSPS) is 21.1. The van der Waals surface area contributed by atoms with Crippen LogP contribution >= 0.6 is 11.6 Å². The molecule has 2 rings (SSSR count). The molecule has 2 unspecified atom stereocenters. The fourth-order valence-electron chi connectivity index (χ4n) is 3.00. The molecule has 1 fully saturated rings. The Labute approximate surface area is 124 Å². The molecule has 1 aromatic heterocycles. The minimum Gasteiger partial charge on any atom is -0.344 e. The second kappa shape index (κ2) is 5.60. The summed E-state index contributed by atoms with van der Waals surface area (Å²) in [7, 11) is 1.83. The number of aryl methyl sites for hydroxylation is 1. The molecule has 0 aromatic carbocycles. The molecule has 1 aliphatic rings. The van der Waals surface area contributed by atoms with Crippen LogP contribution in [0.25, 0.3) is 0 Å². The average Bonchev–Trinajstić information content (AvgIpc) is 2.67. The van der Waals surface area contributed by atoms with E-state index in [1.54, 1.807) is 11.8 Å². The number of alkyl halides is 1. The Morgan fingerprint density at radius 3 is 2.65 bits per heavy atom. The summed E-state index contributed by atoms with van der Waals surface area (Å²) >= 11 is 5.91. The molecule has 0 bridgehead atoms. The highest BCUT2D eigenvalue weighted by molar-refractivity contribution is 6.33. The van der Waals surface area contributed by atoms with Gasteiger partial charge >= 0.3 is 0 Å². The molecular weight excluding hydrogens is 276 g/mol. The summed E-state index contributed by atoms with van der Waals surface area (Å²) in [5.41, 5.74) is 2.70. The van der Waals surface area contributed by atoms with E-state index in [-0.39, 0.29) is 17.7 Å². The predicted molar refractivity (Wildman–Crippen MR) is 79.5 cm³/mol. The van der Waals surface area contributed by atoms with Gasteiger partial charge in [0.25, 0.3) is 0 Å².